The molecule has 192 valence electrons. The zero-order valence-electron chi connectivity index (χ0n) is 20.3. The molecule has 1 saturated heterocycles. The number of hydrogen-bond acceptors (Lipinski definition) is 7. The summed E-state index contributed by atoms with van der Waals surface area (Å²) in [6, 6.07) is 23.0. The Labute approximate surface area is 213 Å². The summed E-state index contributed by atoms with van der Waals surface area (Å²) in [7, 11) is 0. The second-order valence-electron chi connectivity index (χ2n) is 9.33. The maximum atomic E-state index is 13.2. The highest BCUT2D eigenvalue weighted by atomic mass is 16.7. The van der Waals surface area contributed by atoms with Crippen LogP contribution in [-0.4, -0.2) is 62.3 Å². The van der Waals surface area contributed by atoms with Crippen molar-refractivity contribution in [1.82, 2.24) is 4.57 Å². The summed E-state index contributed by atoms with van der Waals surface area (Å²) in [6.45, 7) is 1.79. The van der Waals surface area contributed by atoms with E-state index in [2.05, 4.69) is 0 Å². The highest BCUT2D eigenvalue weighted by molar-refractivity contribution is 5.86. The first-order chi connectivity index (χ1) is 17.9. The Bertz CT molecular complexity index is 1450. The van der Waals surface area contributed by atoms with E-state index in [1.165, 1.54) is 0 Å². The number of aryl methyl sites for hydroxylation is 1. The van der Waals surface area contributed by atoms with Crippen molar-refractivity contribution in [3.05, 3.63) is 100 Å². The highest BCUT2D eigenvalue weighted by Crippen LogP contribution is 2.30. The Morgan fingerprint density at radius 3 is 2.35 bits per heavy atom. The minimum atomic E-state index is -1.51. The van der Waals surface area contributed by atoms with E-state index < -0.39 is 37.3 Å². The molecule has 5 atom stereocenters. The Kier molecular flexibility index (Phi) is 7.10. The molecule has 5 unspecified atom stereocenters. The van der Waals surface area contributed by atoms with E-state index in [1.54, 1.807) is 10.6 Å². The van der Waals surface area contributed by atoms with Gasteiger partial charge in [0.15, 0.2) is 0 Å². The first kappa shape index (κ1) is 25.1. The molecule has 3 aromatic carbocycles. The van der Waals surface area contributed by atoms with Crippen LogP contribution in [0.15, 0.2) is 83.8 Å². The third-order valence-corrected chi connectivity index (χ3v) is 6.77. The molecule has 1 aliphatic heterocycles. The fourth-order valence-corrected chi connectivity index (χ4v) is 4.61. The fraction of sp³-hybridized carbons (Fsp3) is 0.276. The van der Waals surface area contributed by atoms with Crippen LogP contribution in [0, 0.1) is 6.92 Å². The number of aliphatic hydroxyl groups is 4. The lowest BCUT2D eigenvalue weighted by molar-refractivity contribution is -0.277. The number of aliphatic hydroxyl groups excluding tert-OH is 4. The van der Waals surface area contributed by atoms with Crippen molar-refractivity contribution in [2.24, 2.45) is 0 Å². The highest BCUT2D eigenvalue weighted by Gasteiger charge is 2.44. The molecule has 0 radical (unpaired) electrons. The summed E-state index contributed by atoms with van der Waals surface area (Å²) in [5.74, 6) is 0.416. The van der Waals surface area contributed by atoms with Gasteiger partial charge in [-0.15, -0.1) is 0 Å². The van der Waals surface area contributed by atoms with Gasteiger partial charge in [-0.05, 0) is 58.8 Å². The molecule has 37 heavy (non-hydrogen) atoms. The van der Waals surface area contributed by atoms with Crippen LogP contribution in [0.2, 0.25) is 0 Å². The van der Waals surface area contributed by atoms with Gasteiger partial charge in [-0.25, -0.2) is 0 Å². The van der Waals surface area contributed by atoms with Crippen LogP contribution >= 0.6 is 0 Å². The first-order valence-electron chi connectivity index (χ1n) is 12.1. The van der Waals surface area contributed by atoms with Gasteiger partial charge in [0.25, 0.3) is 5.56 Å². The van der Waals surface area contributed by atoms with E-state index in [-0.39, 0.29) is 5.56 Å². The SMILES string of the molecule is Cc1cc(-c2ccc3ccn(Cc4ccccc4)c(=O)c3c2)ccc1OC1OC(CO)C(O)C(O)C1O. The second kappa shape index (κ2) is 10.5. The summed E-state index contributed by atoms with van der Waals surface area (Å²) in [4.78, 5) is 13.2. The Morgan fingerprint density at radius 2 is 1.62 bits per heavy atom. The third-order valence-electron chi connectivity index (χ3n) is 6.77. The van der Waals surface area contributed by atoms with Gasteiger partial charge in [0.1, 0.15) is 30.2 Å². The van der Waals surface area contributed by atoms with Crippen LogP contribution in [0.5, 0.6) is 5.75 Å². The molecule has 0 saturated carbocycles. The van der Waals surface area contributed by atoms with Crippen molar-refractivity contribution >= 4 is 10.8 Å². The summed E-state index contributed by atoms with van der Waals surface area (Å²) >= 11 is 0. The van der Waals surface area contributed by atoms with Crippen molar-refractivity contribution in [1.29, 1.82) is 0 Å². The molecule has 0 bridgehead atoms. The van der Waals surface area contributed by atoms with E-state index in [4.69, 9.17) is 9.47 Å². The van der Waals surface area contributed by atoms with E-state index in [1.807, 2.05) is 79.9 Å². The first-order valence-corrected chi connectivity index (χ1v) is 12.1. The zero-order chi connectivity index (χ0) is 26.1. The van der Waals surface area contributed by atoms with Gasteiger partial charge in [0.2, 0.25) is 6.29 Å². The lowest BCUT2D eigenvalue weighted by Crippen LogP contribution is -2.60. The predicted molar refractivity (Wildman–Crippen MR) is 138 cm³/mol. The molecule has 8 nitrogen and oxygen atoms in total. The van der Waals surface area contributed by atoms with Crippen molar-refractivity contribution in [3.63, 3.8) is 0 Å². The number of benzene rings is 3. The van der Waals surface area contributed by atoms with Crippen LogP contribution in [0.3, 0.4) is 0 Å². The molecule has 5 rings (SSSR count). The molecular weight excluding hydrogens is 474 g/mol. The van der Waals surface area contributed by atoms with Gasteiger partial charge >= 0.3 is 0 Å². The number of rotatable bonds is 6. The minimum absolute atomic E-state index is 0.0671. The van der Waals surface area contributed by atoms with Gasteiger partial charge < -0.3 is 34.5 Å². The second-order valence-corrected chi connectivity index (χ2v) is 9.33. The molecule has 2 heterocycles. The largest absolute Gasteiger partial charge is 0.462 e. The summed E-state index contributed by atoms with van der Waals surface area (Å²) in [6.07, 6.45) is -4.95. The molecule has 4 aromatic rings. The van der Waals surface area contributed by atoms with Crippen molar-refractivity contribution in [2.75, 3.05) is 6.61 Å². The number of ether oxygens (including phenoxy) is 2. The van der Waals surface area contributed by atoms with E-state index in [0.29, 0.717) is 17.7 Å². The maximum Gasteiger partial charge on any atom is 0.258 e. The van der Waals surface area contributed by atoms with Crippen LogP contribution in [0.25, 0.3) is 21.9 Å². The average molecular weight is 504 g/mol. The fourth-order valence-electron chi connectivity index (χ4n) is 4.61. The standard InChI is InChI=1S/C29H29NO7/c1-17-13-20(9-10-23(17)36-29-27(34)26(33)25(32)24(16-31)37-29)21-8-7-19-11-12-30(28(35)22(19)14-21)15-18-5-3-2-4-6-18/h2-14,24-27,29,31-34H,15-16H2,1H3. The molecule has 1 aromatic heterocycles. The minimum Gasteiger partial charge on any atom is -0.462 e. The normalized spacial score (nSPS) is 23.8. The van der Waals surface area contributed by atoms with Gasteiger partial charge in [-0.1, -0.05) is 48.5 Å². The van der Waals surface area contributed by atoms with Crippen molar-refractivity contribution < 1.29 is 29.9 Å². The lowest BCUT2D eigenvalue weighted by atomic mass is 9.99. The van der Waals surface area contributed by atoms with Crippen LogP contribution in [-0.2, 0) is 11.3 Å². The molecule has 8 heteroatoms. The smallest absolute Gasteiger partial charge is 0.258 e. The quantitative estimate of drug-likeness (QED) is 0.318. The van der Waals surface area contributed by atoms with Gasteiger partial charge in [-0.3, -0.25) is 4.79 Å². The van der Waals surface area contributed by atoms with E-state index in [9.17, 15) is 25.2 Å². The Balaban J connectivity index is 1.40. The molecule has 0 amide bonds. The molecule has 1 fully saturated rings. The molecule has 0 aliphatic carbocycles. The maximum absolute atomic E-state index is 13.2. The Morgan fingerprint density at radius 1 is 0.892 bits per heavy atom. The lowest BCUT2D eigenvalue weighted by Gasteiger charge is -2.39. The summed E-state index contributed by atoms with van der Waals surface area (Å²) in [5, 5.41) is 41.1. The average Bonchev–Trinajstić information content (AvgIpc) is 2.92. The molecule has 0 spiro atoms. The van der Waals surface area contributed by atoms with Crippen molar-refractivity contribution in [2.45, 2.75) is 44.2 Å². The number of fused-ring (bicyclic) bond motifs is 1. The number of aromatic nitrogens is 1. The number of hydrogen-bond donors (Lipinski definition) is 4. The van der Waals surface area contributed by atoms with Crippen molar-refractivity contribution in [3.8, 4) is 16.9 Å². The van der Waals surface area contributed by atoms with E-state index >= 15 is 0 Å². The van der Waals surface area contributed by atoms with Crippen LogP contribution in [0.1, 0.15) is 11.1 Å². The monoisotopic (exact) mass is 503 g/mol. The Hall–Kier alpha value is -3.53. The zero-order valence-corrected chi connectivity index (χ0v) is 20.3. The number of nitrogens with zero attached hydrogens (tertiary/aromatic N) is 1. The number of pyridine rings is 1. The van der Waals surface area contributed by atoms with E-state index in [0.717, 1.165) is 27.6 Å². The summed E-state index contributed by atoms with van der Waals surface area (Å²) < 4.78 is 12.9. The van der Waals surface area contributed by atoms with Crippen LogP contribution < -0.4 is 10.3 Å². The molecule has 4 N–H and O–H groups in total. The summed E-state index contributed by atoms with van der Waals surface area (Å²) in [5.41, 5.74) is 3.46. The topological polar surface area (TPSA) is 121 Å². The third kappa shape index (κ3) is 5.02. The van der Waals surface area contributed by atoms with Gasteiger partial charge in [-0.2, -0.15) is 0 Å². The predicted octanol–water partition coefficient (Wildman–Crippen LogP) is 2.20. The van der Waals surface area contributed by atoms with Gasteiger partial charge in [0.05, 0.1) is 13.2 Å². The van der Waals surface area contributed by atoms with Crippen LogP contribution in [0.4, 0.5) is 0 Å². The molecular formula is C29H29NO7. The van der Waals surface area contributed by atoms with Gasteiger partial charge in [0, 0.05) is 11.6 Å². The molecule has 1 aliphatic rings.